The van der Waals surface area contributed by atoms with E-state index in [0.29, 0.717) is 0 Å². The van der Waals surface area contributed by atoms with E-state index in [-0.39, 0.29) is 0 Å². The van der Waals surface area contributed by atoms with Gasteiger partial charge in [-0.05, 0) is 24.1 Å². The summed E-state index contributed by atoms with van der Waals surface area (Å²) in [7, 11) is 0. The molecule has 3 heteroatoms. The molecule has 2 nitrogen and oxygen atoms in total. The highest BCUT2D eigenvalue weighted by molar-refractivity contribution is 14.1. The molecule has 0 fully saturated rings. The summed E-state index contributed by atoms with van der Waals surface area (Å²) in [5.74, 6) is 0. The van der Waals surface area contributed by atoms with E-state index in [9.17, 15) is 0 Å². The number of H-pyrrole nitrogens is 1. The van der Waals surface area contributed by atoms with Crippen LogP contribution < -0.4 is 0 Å². The van der Waals surface area contributed by atoms with Crippen molar-refractivity contribution in [3.05, 3.63) is 30.1 Å². The summed E-state index contributed by atoms with van der Waals surface area (Å²) in [6, 6.07) is 4.09. The van der Waals surface area contributed by atoms with Crippen LogP contribution in [0, 0.1) is 0 Å². The van der Waals surface area contributed by atoms with E-state index in [4.69, 9.17) is 0 Å². The molecule has 0 aliphatic carbocycles. The van der Waals surface area contributed by atoms with Crippen LogP contribution in [0.5, 0.6) is 0 Å². The first-order valence-corrected chi connectivity index (χ1v) is 5.41. The lowest BCUT2D eigenvalue weighted by molar-refractivity contribution is 1.19. The van der Waals surface area contributed by atoms with Gasteiger partial charge in [-0.2, -0.15) is 0 Å². The zero-order valence-electron chi connectivity index (χ0n) is 6.55. The van der Waals surface area contributed by atoms with Crippen LogP contribution in [-0.2, 0) is 6.42 Å². The van der Waals surface area contributed by atoms with E-state index in [1.807, 2.05) is 12.3 Å². The van der Waals surface area contributed by atoms with Crippen molar-refractivity contribution < 1.29 is 0 Å². The minimum atomic E-state index is 0.998. The van der Waals surface area contributed by atoms with Gasteiger partial charge in [0.25, 0.3) is 0 Å². The van der Waals surface area contributed by atoms with Crippen LogP contribution in [0.3, 0.4) is 0 Å². The first-order chi connectivity index (χ1) is 5.92. The number of nitrogens with one attached hydrogen (secondary N) is 1. The lowest BCUT2D eigenvalue weighted by Crippen LogP contribution is -1.82. The third-order valence-electron chi connectivity index (χ3n) is 1.90. The Balaban J connectivity index is 2.55. The van der Waals surface area contributed by atoms with Gasteiger partial charge in [-0.1, -0.05) is 22.6 Å². The van der Waals surface area contributed by atoms with E-state index in [1.54, 1.807) is 0 Å². The smallest absolute Gasteiger partial charge is 0.137 e. The topological polar surface area (TPSA) is 28.7 Å². The quantitative estimate of drug-likeness (QED) is 0.660. The molecule has 2 aromatic rings. The normalized spacial score (nSPS) is 10.8. The standard InChI is InChI=1S/C9H9IN2/c10-4-3-7-6-12-9-8(7)2-1-5-11-9/h1-2,5-6H,3-4H2,(H,11,12). The molecule has 12 heavy (non-hydrogen) atoms. The monoisotopic (exact) mass is 272 g/mol. The molecule has 0 aliphatic rings. The molecule has 0 bridgehead atoms. The summed E-state index contributed by atoms with van der Waals surface area (Å²) in [5.41, 5.74) is 2.37. The molecular formula is C9H9IN2. The maximum absolute atomic E-state index is 4.23. The van der Waals surface area contributed by atoms with Gasteiger partial charge in [0.05, 0.1) is 0 Å². The van der Waals surface area contributed by atoms with Gasteiger partial charge in [0, 0.05) is 22.2 Å². The molecule has 0 saturated heterocycles. The zero-order chi connectivity index (χ0) is 8.39. The third kappa shape index (κ3) is 1.33. The first-order valence-electron chi connectivity index (χ1n) is 3.89. The van der Waals surface area contributed by atoms with Crippen LogP contribution in [0.1, 0.15) is 5.56 Å². The molecule has 0 amide bonds. The van der Waals surface area contributed by atoms with Crippen molar-refractivity contribution in [3.63, 3.8) is 0 Å². The number of halogens is 1. The van der Waals surface area contributed by atoms with Gasteiger partial charge in [0.15, 0.2) is 0 Å². The number of fused-ring (bicyclic) bond motifs is 1. The van der Waals surface area contributed by atoms with Crippen molar-refractivity contribution in [3.8, 4) is 0 Å². The summed E-state index contributed by atoms with van der Waals surface area (Å²) in [4.78, 5) is 7.38. The van der Waals surface area contributed by atoms with Gasteiger partial charge < -0.3 is 4.98 Å². The number of nitrogens with zero attached hydrogens (tertiary/aromatic N) is 1. The number of hydrogen-bond acceptors (Lipinski definition) is 1. The maximum Gasteiger partial charge on any atom is 0.137 e. The van der Waals surface area contributed by atoms with E-state index in [2.05, 4.69) is 44.8 Å². The Morgan fingerprint density at radius 2 is 2.42 bits per heavy atom. The van der Waals surface area contributed by atoms with Gasteiger partial charge in [0.1, 0.15) is 5.65 Å². The van der Waals surface area contributed by atoms with Crippen LogP contribution in [0.2, 0.25) is 0 Å². The minimum absolute atomic E-state index is 0.998. The van der Waals surface area contributed by atoms with Crippen molar-refractivity contribution in [2.75, 3.05) is 4.43 Å². The Bertz CT molecular complexity index is 381. The second-order valence-electron chi connectivity index (χ2n) is 2.65. The lowest BCUT2D eigenvalue weighted by atomic mass is 10.2. The Kier molecular flexibility index (Phi) is 2.30. The molecule has 0 atom stereocenters. The predicted octanol–water partition coefficient (Wildman–Crippen LogP) is 2.54. The average molecular weight is 272 g/mol. The highest BCUT2D eigenvalue weighted by Crippen LogP contribution is 2.16. The van der Waals surface area contributed by atoms with Gasteiger partial charge in [-0.3, -0.25) is 0 Å². The number of alkyl halides is 1. The molecule has 62 valence electrons. The molecule has 0 aromatic carbocycles. The van der Waals surface area contributed by atoms with E-state index < -0.39 is 0 Å². The van der Waals surface area contributed by atoms with Gasteiger partial charge in [-0.15, -0.1) is 0 Å². The second-order valence-corrected chi connectivity index (χ2v) is 3.73. The summed E-state index contributed by atoms with van der Waals surface area (Å²) in [6.07, 6.45) is 4.98. The van der Waals surface area contributed by atoms with Gasteiger partial charge in [-0.25, -0.2) is 4.98 Å². The molecule has 0 spiro atoms. The van der Waals surface area contributed by atoms with Crippen molar-refractivity contribution in [2.24, 2.45) is 0 Å². The summed E-state index contributed by atoms with van der Waals surface area (Å²) in [6.45, 7) is 0. The molecule has 2 aromatic heterocycles. The molecule has 2 heterocycles. The Hall–Kier alpha value is -0.580. The number of aryl methyl sites for hydroxylation is 1. The maximum atomic E-state index is 4.23. The van der Waals surface area contributed by atoms with E-state index >= 15 is 0 Å². The number of aromatic nitrogens is 2. The highest BCUT2D eigenvalue weighted by Gasteiger charge is 2.01. The van der Waals surface area contributed by atoms with E-state index in [0.717, 1.165) is 16.5 Å². The number of pyridine rings is 1. The van der Waals surface area contributed by atoms with E-state index in [1.165, 1.54) is 10.9 Å². The fourth-order valence-electron chi connectivity index (χ4n) is 1.32. The minimum Gasteiger partial charge on any atom is -0.346 e. The van der Waals surface area contributed by atoms with Gasteiger partial charge in [0.2, 0.25) is 0 Å². The second kappa shape index (κ2) is 3.43. The molecular weight excluding hydrogens is 263 g/mol. The van der Waals surface area contributed by atoms with Gasteiger partial charge >= 0.3 is 0 Å². The molecule has 0 unspecified atom stereocenters. The fourth-order valence-corrected chi connectivity index (χ4v) is 1.90. The Labute approximate surface area is 84.5 Å². The van der Waals surface area contributed by atoms with Crippen molar-refractivity contribution >= 4 is 33.6 Å². The molecule has 1 N–H and O–H groups in total. The Morgan fingerprint density at radius 1 is 1.50 bits per heavy atom. The van der Waals surface area contributed by atoms with Crippen LogP contribution in [0.25, 0.3) is 11.0 Å². The predicted molar refractivity (Wildman–Crippen MR) is 58.7 cm³/mol. The Morgan fingerprint density at radius 3 is 3.25 bits per heavy atom. The number of aromatic amines is 1. The van der Waals surface area contributed by atoms with Crippen molar-refractivity contribution in [1.29, 1.82) is 0 Å². The summed E-state index contributed by atoms with van der Waals surface area (Å²) < 4.78 is 1.15. The zero-order valence-corrected chi connectivity index (χ0v) is 8.71. The van der Waals surface area contributed by atoms with Crippen LogP contribution in [-0.4, -0.2) is 14.4 Å². The van der Waals surface area contributed by atoms with Crippen molar-refractivity contribution in [1.82, 2.24) is 9.97 Å². The summed E-state index contributed by atoms with van der Waals surface area (Å²) >= 11 is 2.39. The number of rotatable bonds is 2. The third-order valence-corrected chi connectivity index (χ3v) is 2.44. The molecule has 0 saturated carbocycles. The fraction of sp³-hybridized carbons (Fsp3) is 0.222. The first kappa shape index (κ1) is 8.04. The molecule has 2 rings (SSSR count). The van der Waals surface area contributed by atoms with Crippen LogP contribution in [0.4, 0.5) is 0 Å². The van der Waals surface area contributed by atoms with Crippen LogP contribution in [0.15, 0.2) is 24.5 Å². The molecule has 0 radical (unpaired) electrons. The average Bonchev–Trinajstić information content (AvgIpc) is 2.50. The lowest BCUT2D eigenvalue weighted by Gasteiger charge is -1.92. The SMILES string of the molecule is ICCc1c[nH]c2ncccc12. The number of hydrogen-bond donors (Lipinski definition) is 1. The summed E-state index contributed by atoms with van der Waals surface area (Å²) in [5, 5.41) is 1.26. The molecule has 0 aliphatic heterocycles. The largest absolute Gasteiger partial charge is 0.346 e. The van der Waals surface area contributed by atoms with Crippen molar-refractivity contribution in [2.45, 2.75) is 6.42 Å². The highest BCUT2D eigenvalue weighted by atomic mass is 127. The van der Waals surface area contributed by atoms with Crippen LogP contribution >= 0.6 is 22.6 Å².